The van der Waals surface area contributed by atoms with Gasteiger partial charge in [0, 0.05) is 44.2 Å². The summed E-state index contributed by atoms with van der Waals surface area (Å²) in [6.07, 6.45) is -4.74. The molecule has 0 saturated heterocycles. The first kappa shape index (κ1) is 37.6. The van der Waals surface area contributed by atoms with E-state index in [4.69, 9.17) is 19.9 Å². The Morgan fingerprint density at radius 1 is 0.393 bits per heavy atom. The van der Waals surface area contributed by atoms with Crippen LogP contribution in [0.3, 0.4) is 0 Å². The topological polar surface area (TPSA) is 56.5 Å². The standard InChI is InChI=1S/C53H36F3N5/c1-33-23-25-40-41-26-24-34(2)28-49(41)61(48(40)27-33)50-42(47-32-46(37-19-11-5-12-20-37)57-51(60-47)38-21-13-6-14-22-38)29-39(53(54,55)56)30-43(50)52-58-44(35-15-7-3-8-16-35)31-45(59-52)36-17-9-4-10-18-36/h3-32H,1-2H3. The van der Waals surface area contributed by atoms with Gasteiger partial charge in [-0.2, -0.15) is 13.2 Å². The molecule has 3 heterocycles. The Morgan fingerprint density at radius 3 is 1.25 bits per heavy atom. The van der Waals surface area contributed by atoms with Crippen LogP contribution in [-0.2, 0) is 6.18 Å². The van der Waals surface area contributed by atoms with Gasteiger partial charge in [0.2, 0.25) is 0 Å². The molecular formula is C53H36F3N5. The number of aryl methyl sites for hydroxylation is 2. The van der Waals surface area contributed by atoms with Crippen LogP contribution >= 0.6 is 0 Å². The monoisotopic (exact) mass is 799 g/mol. The van der Waals surface area contributed by atoms with Crippen molar-refractivity contribution >= 4 is 21.8 Å². The maximum absolute atomic E-state index is 15.6. The average Bonchev–Trinajstić information content (AvgIpc) is 3.60. The first-order chi connectivity index (χ1) is 29.7. The molecule has 5 nitrogen and oxygen atoms in total. The molecule has 0 bridgehead atoms. The van der Waals surface area contributed by atoms with E-state index < -0.39 is 11.7 Å². The molecule has 7 aromatic carbocycles. The Morgan fingerprint density at radius 2 is 0.787 bits per heavy atom. The van der Waals surface area contributed by atoms with Crippen LogP contribution in [0.15, 0.2) is 182 Å². The van der Waals surface area contributed by atoms with Crippen molar-refractivity contribution in [3.8, 4) is 73.5 Å². The molecule has 0 unspecified atom stereocenters. The van der Waals surface area contributed by atoms with Crippen molar-refractivity contribution in [2.45, 2.75) is 20.0 Å². The lowest BCUT2D eigenvalue weighted by molar-refractivity contribution is -0.137. The number of halogens is 3. The van der Waals surface area contributed by atoms with Crippen molar-refractivity contribution in [2.24, 2.45) is 0 Å². The zero-order chi connectivity index (χ0) is 41.7. The highest BCUT2D eigenvalue weighted by Gasteiger charge is 2.35. The largest absolute Gasteiger partial charge is 0.416 e. The van der Waals surface area contributed by atoms with Gasteiger partial charge in [-0.1, -0.05) is 146 Å². The molecule has 0 radical (unpaired) electrons. The molecule has 0 N–H and O–H groups in total. The van der Waals surface area contributed by atoms with Gasteiger partial charge < -0.3 is 4.57 Å². The van der Waals surface area contributed by atoms with Crippen LogP contribution in [0.4, 0.5) is 13.2 Å². The zero-order valence-electron chi connectivity index (χ0n) is 33.2. The molecule has 61 heavy (non-hydrogen) atoms. The van der Waals surface area contributed by atoms with Crippen molar-refractivity contribution in [3.05, 3.63) is 199 Å². The van der Waals surface area contributed by atoms with Crippen LogP contribution in [-0.4, -0.2) is 24.5 Å². The summed E-state index contributed by atoms with van der Waals surface area (Å²) >= 11 is 0. The van der Waals surface area contributed by atoms with Crippen molar-refractivity contribution in [1.29, 1.82) is 0 Å². The number of hydrogen-bond donors (Lipinski definition) is 0. The summed E-state index contributed by atoms with van der Waals surface area (Å²) in [7, 11) is 0. The van der Waals surface area contributed by atoms with Crippen molar-refractivity contribution < 1.29 is 13.2 Å². The molecule has 0 atom stereocenters. The summed E-state index contributed by atoms with van der Waals surface area (Å²) < 4.78 is 48.8. The highest BCUT2D eigenvalue weighted by Crippen LogP contribution is 2.45. The van der Waals surface area contributed by atoms with E-state index in [1.807, 2.05) is 141 Å². The average molecular weight is 800 g/mol. The van der Waals surface area contributed by atoms with E-state index in [1.165, 1.54) is 12.1 Å². The lowest BCUT2D eigenvalue weighted by Crippen LogP contribution is -2.11. The molecule has 0 spiro atoms. The number of nitrogens with zero attached hydrogens (tertiary/aromatic N) is 5. The summed E-state index contributed by atoms with van der Waals surface area (Å²) in [6.45, 7) is 4.03. The summed E-state index contributed by atoms with van der Waals surface area (Å²) in [4.78, 5) is 20.4. The fraction of sp³-hybridized carbons (Fsp3) is 0.0566. The Bertz CT molecular complexity index is 2910. The van der Waals surface area contributed by atoms with Gasteiger partial charge in [-0.3, -0.25) is 0 Å². The Balaban J connectivity index is 1.40. The van der Waals surface area contributed by atoms with Gasteiger partial charge >= 0.3 is 6.18 Å². The number of aromatic nitrogens is 5. The van der Waals surface area contributed by atoms with Gasteiger partial charge in [0.15, 0.2) is 11.6 Å². The fourth-order valence-electron chi connectivity index (χ4n) is 8.02. The maximum Gasteiger partial charge on any atom is 0.416 e. The Labute approximate surface area is 350 Å². The highest BCUT2D eigenvalue weighted by atomic mass is 19.4. The maximum atomic E-state index is 15.6. The van der Waals surface area contributed by atoms with E-state index in [2.05, 4.69) is 41.0 Å². The highest BCUT2D eigenvalue weighted by molar-refractivity contribution is 6.11. The minimum absolute atomic E-state index is 0.137. The Hall–Kier alpha value is -7.71. The smallest absolute Gasteiger partial charge is 0.308 e. The summed E-state index contributed by atoms with van der Waals surface area (Å²) in [6, 6.07) is 56.9. The fourth-order valence-corrected chi connectivity index (χ4v) is 8.02. The minimum atomic E-state index is -4.74. The van der Waals surface area contributed by atoms with Gasteiger partial charge in [0.1, 0.15) is 0 Å². The second kappa shape index (κ2) is 15.1. The molecule has 8 heteroatoms. The molecule has 0 aliphatic rings. The van der Waals surface area contributed by atoms with E-state index in [0.29, 0.717) is 34.3 Å². The molecule has 0 fully saturated rings. The normalized spacial score (nSPS) is 11.7. The van der Waals surface area contributed by atoms with E-state index in [0.717, 1.165) is 55.2 Å². The molecule has 0 aliphatic heterocycles. The molecule has 10 aromatic rings. The first-order valence-electron chi connectivity index (χ1n) is 20.0. The quantitative estimate of drug-likeness (QED) is 0.161. The van der Waals surface area contributed by atoms with Crippen LogP contribution in [0.25, 0.3) is 95.3 Å². The number of rotatable bonds is 7. The van der Waals surface area contributed by atoms with Gasteiger partial charge in [0.05, 0.1) is 45.1 Å². The second-order valence-electron chi connectivity index (χ2n) is 15.2. The third-order valence-corrected chi connectivity index (χ3v) is 10.9. The molecule has 10 rings (SSSR count). The van der Waals surface area contributed by atoms with E-state index in [9.17, 15) is 0 Å². The molecule has 0 saturated carbocycles. The van der Waals surface area contributed by atoms with Crippen LogP contribution < -0.4 is 0 Å². The predicted octanol–water partition coefficient (Wildman–Crippen LogP) is 14.0. The minimum Gasteiger partial charge on any atom is -0.308 e. The van der Waals surface area contributed by atoms with Crippen LogP contribution in [0.5, 0.6) is 0 Å². The van der Waals surface area contributed by atoms with Crippen molar-refractivity contribution in [3.63, 3.8) is 0 Å². The van der Waals surface area contributed by atoms with Gasteiger partial charge in [-0.15, -0.1) is 0 Å². The number of fused-ring (bicyclic) bond motifs is 3. The zero-order valence-corrected chi connectivity index (χ0v) is 33.2. The van der Waals surface area contributed by atoms with Crippen LogP contribution in [0.2, 0.25) is 0 Å². The van der Waals surface area contributed by atoms with Crippen molar-refractivity contribution in [1.82, 2.24) is 24.5 Å². The molecule has 0 amide bonds. The Kier molecular flexibility index (Phi) is 9.33. The van der Waals surface area contributed by atoms with Gasteiger partial charge in [-0.05, 0) is 61.4 Å². The van der Waals surface area contributed by atoms with E-state index >= 15 is 13.2 Å². The van der Waals surface area contributed by atoms with Gasteiger partial charge in [-0.25, -0.2) is 19.9 Å². The first-order valence-corrected chi connectivity index (χ1v) is 20.0. The van der Waals surface area contributed by atoms with Crippen LogP contribution in [0.1, 0.15) is 16.7 Å². The molecule has 0 aliphatic carbocycles. The third kappa shape index (κ3) is 7.12. The lowest BCUT2D eigenvalue weighted by Gasteiger charge is -2.22. The number of hydrogen-bond acceptors (Lipinski definition) is 4. The van der Waals surface area contributed by atoms with E-state index in [-0.39, 0.29) is 17.0 Å². The summed E-state index contributed by atoms with van der Waals surface area (Å²) in [5.74, 6) is 0.517. The van der Waals surface area contributed by atoms with Crippen molar-refractivity contribution in [2.75, 3.05) is 0 Å². The van der Waals surface area contributed by atoms with Crippen LogP contribution in [0, 0.1) is 13.8 Å². The molecule has 3 aromatic heterocycles. The SMILES string of the molecule is Cc1ccc2c3ccc(C)cc3n(-c3c(-c4cc(-c5ccccc5)nc(-c5ccccc5)n4)cc(C(F)(F)F)cc3-c3nc(-c4ccccc4)cc(-c4ccccc4)n3)c2c1. The lowest BCUT2D eigenvalue weighted by atomic mass is 9.96. The molecule has 294 valence electrons. The van der Waals surface area contributed by atoms with Gasteiger partial charge in [0.25, 0.3) is 0 Å². The predicted molar refractivity (Wildman–Crippen MR) is 239 cm³/mol. The number of benzene rings is 7. The third-order valence-electron chi connectivity index (χ3n) is 10.9. The van der Waals surface area contributed by atoms with E-state index in [1.54, 1.807) is 6.07 Å². The second-order valence-corrected chi connectivity index (χ2v) is 15.2. The summed E-state index contributed by atoms with van der Waals surface area (Å²) in [5, 5.41) is 1.91. The number of alkyl halides is 3. The molecular weight excluding hydrogens is 764 g/mol. The summed E-state index contributed by atoms with van der Waals surface area (Å²) in [5.41, 5.74) is 8.85.